The van der Waals surface area contributed by atoms with E-state index in [-0.39, 0.29) is 11.8 Å². The van der Waals surface area contributed by atoms with Crippen LogP contribution in [0.25, 0.3) is 0 Å². The molecule has 7 nitrogen and oxygen atoms in total. The van der Waals surface area contributed by atoms with Crippen LogP contribution < -0.4 is 4.90 Å². The van der Waals surface area contributed by atoms with Crippen molar-refractivity contribution in [1.29, 1.82) is 0 Å². The van der Waals surface area contributed by atoms with E-state index in [1.54, 1.807) is 0 Å². The van der Waals surface area contributed by atoms with Crippen molar-refractivity contribution < 1.29 is 12.8 Å². The summed E-state index contributed by atoms with van der Waals surface area (Å²) < 4.78 is 38.7. The van der Waals surface area contributed by atoms with Crippen molar-refractivity contribution in [2.45, 2.75) is 37.6 Å². The maximum absolute atomic E-state index is 13.1. The number of aryl methyl sites for hydroxylation is 1. The Labute approximate surface area is 164 Å². The van der Waals surface area contributed by atoms with Gasteiger partial charge < -0.3 is 4.90 Å². The van der Waals surface area contributed by atoms with Crippen LogP contribution in [0.2, 0.25) is 0 Å². The Balaban J connectivity index is 1.55. The Morgan fingerprint density at radius 3 is 2.64 bits per heavy atom. The molecule has 0 aromatic carbocycles. The first kappa shape index (κ1) is 19.2. The van der Waals surface area contributed by atoms with Gasteiger partial charge in [0.1, 0.15) is 0 Å². The molecular weight excluding hydrogens is 381 g/mol. The summed E-state index contributed by atoms with van der Waals surface area (Å²) in [4.78, 5) is 16.9. The SMILES string of the molecule is Cc1cccc(CN2CCS(=O)(=O)[C@@H]3CCN(c4ncc(F)cn4)CC[C@@H]32)n1. The van der Waals surface area contributed by atoms with Crippen molar-refractivity contribution in [3.05, 3.63) is 47.8 Å². The minimum absolute atomic E-state index is 0.0634. The number of sulfone groups is 1. The third-order valence-corrected chi connectivity index (χ3v) is 7.83. The first-order chi connectivity index (χ1) is 13.4. The van der Waals surface area contributed by atoms with Crippen molar-refractivity contribution in [1.82, 2.24) is 19.9 Å². The number of aromatic nitrogens is 3. The fraction of sp³-hybridized carbons (Fsp3) is 0.526. The van der Waals surface area contributed by atoms with Crippen LogP contribution in [0.15, 0.2) is 30.6 Å². The topological polar surface area (TPSA) is 79.3 Å². The minimum atomic E-state index is -3.14. The first-order valence-corrected chi connectivity index (χ1v) is 11.2. The smallest absolute Gasteiger partial charge is 0.225 e. The molecule has 2 saturated heterocycles. The zero-order chi connectivity index (χ0) is 19.7. The van der Waals surface area contributed by atoms with Crippen molar-refractivity contribution in [3.63, 3.8) is 0 Å². The van der Waals surface area contributed by atoms with Gasteiger partial charge in [0.25, 0.3) is 0 Å². The van der Waals surface area contributed by atoms with Crippen LogP contribution >= 0.6 is 0 Å². The number of fused-ring (bicyclic) bond motifs is 1. The molecule has 2 fully saturated rings. The lowest BCUT2D eigenvalue weighted by Gasteiger charge is -2.39. The average Bonchev–Trinajstić information content (AvgIpc) is 2.89. The van der Waals surface area contributed by atoms with Gasteiger partial charge in [0.15, 0.2) is 15.7 Å². The second-order valence-electron chi connectivity index (χ2n) is 7.48. The number of rotatable bonds is 3. The number of nitrogens with zero attached hydrogens (tertiary/aromatic N) is 5. The number of hydrogen-bond donors (Lipinski definition) is 0. The van der Waals surface area contributed by atoms with Gasteiger partial charge in [0, 0.05) is 37.9 Å². The fourth-order valence-electron chi connectivity index (χ4n) is 4.22. The van der Waals surface area contributed by atoms with Gasteiger partial charge in [0.05, 0.1) is 29.1 Å². The van der Waals surface area contributed by atoms with E-state index in [1.807, 2.05) is 30.0 Å². The van der Waals surface area contributed by atoms with Crippen molar-refractivity contribution in [2.75, 3.05) is 30.3 Å². The van der Waals surface area contributed by atoms with Crippen LogP contribution in [-0.2, 0) is 16.4 Å². The summed E-state index contributed by atoms with van der Waals surface area (Å²) >= 11 is 0. The van der Waals surface area contributed by atoms with Crippen LogP contribution in [-0.4, -0.2) is 64.9 Å². The molecule has 4 rings (SSSR count). The molecule has 9 heteroatoms. The zero-order valence-corrected chi connectivity index (χ0v) is 16.6. The van der Waals surface area contributed by atoms with Gasteiger partial charge >= 0.3 is 0 Å². The molecule has 0 aliphatic carbocycles. The highest BCUT2D eigenvalue weighted by atomic mass is 32.2. The summed E-state index contributed by atoms with van der Waals surface area (Å²) in [6.07, 6.45) is 3.50. The molecule has 0 unspecified atom stereocenters. The average molecular weight is 405 g/mol. The van der Waals surface area contributed by atoms with Gasteiger partial charge in [-0.1, -0.05) is 6.07 Å². The largest absolute Gasteiger partial charge is 0.341 e. The van der Waals surface area contributed by atoms with Gasteiger partial charge in [-0.3, -0.25) is 9.88 Å². The normalized spacial score (nSPS) is 25.1. The Hall–Kier alpha value is -2.13. The van der Waals surface area contributed by atoms with Crippen LogP contribution in [0.3, 0.4) is 0 Å². The number of anilines is 1. The summed E-state index contributed by atoms with van der Waals surface area (Å²) in [7, 11) is -3.14. The lowest BCUT2D eigenvalue weighted by atomic mass is 10.1. The van der Waals surface area contributed by atoms with Crippen molar-refractivity contribution in [2.24, 2.45) is 0 Å². The maximum atomic E-state index is 13.1. The van der Waals surface area contributed by atoms with Crippen molar-refractivity contribution in [3.8, 4) is 0 Å². The van der Waals surface area contributed by atoms with Crippen molar-refractivity contribution >= 4 is 15.8 Å². The van der Waals surface area contributed by atoms with E-state index < -0.39 is 20.9 Å². The molecule has 2 aliphatic rings. The third kappa shape index (κ3) is 4.00. The molecule has 2 aromatic heterocycles. The Bertz CT molecular complexity index is 938. The van der Waals surface area contributed by atoms with Crippen LogP contribution in [0, 0.1) is 12.7 Å². The van der Waals surface area contributed by atoms with Crippen LogP contribution in [0.4, 0.5) is 10.3 Å². The number of pyridine rings is 1. The van der Waals surface area contributed by atoms with E-state index in [0.717, 1.165) is 23.8 Å². The molecule has 0 saturated carbocycles. The van der Waals surface area contributed by atoms with Gasteiger partial charge in [-0.05, 0) is 31.9 Å². The van der Waals surface area contributed by atoms with Gasteiger partial charge in [0.2, 0.25) is 5.95 Å². The lowest BCUT2D eigenvalue weighted by Crippen LogP contribution is -2.54. The lowest BCUT2D eigenvalue weighted by molar-refractivity contribution is 0.173. The highest BCUT2D eigenvalue weighted by molar-refractivity contribution is 7.92. The summed E-state index contributed by atoms with van der Waals surface area (Å²) in [6, 6.07) is 5.86. The summed E-state index contributed by atoms with van der Waals surface area (Å²) in [5.41, 5.74) is 1.92. The molecule has 2 atom stereocenters. The molecule has 150 valence electrons. The molecule has 4 heterocycles. The van der Waals surface area contributed by atoms with Gasteiger partial charge in [-0.25, -0.2) is 22.8 Å². The van der Waals surface area contributed by atoms with Crippen LogP contribution in [0.5, 0.6) is 0 Å². The maximum Gasteiger partial charge on any atom is 0.225 e. The van der Waals surface area contributed by atoms with Gasteiger partial charge in [-0.15, -0.1) is 0 Å². The highest BCUT2D eigenvalue weighted by Gasteiger charge is 2.43. The first-order valence-electron chi connectivity index (χ1n) is 9.53. The van der Waals surface area contributed by atoms with E-state index in [2.05, 4.69) is 19.9 Å². The Morgan fingerprint density at radius 1 is 1.14 bits per heavy atom. The predicted octanol–water partition coefficient (Wildman–Crippen LogP) is 1.59. The van der Waals surface area contributed by atoms with E-state index in [0.29, 0.717) is 45.0 Å². The number of halogens is 1. The van der Waals surface area contributed by atoms with E-state index in [9.17, 15) is 12.8 Å². The molecule has 0 amide bonds. The fourth-order valence-corrected chi connectivity index (χ4v) is 6.26. The molecule has 0 spiro atoms. The Morgan fingerprint density at radius 2 is 1.89 bits per heavy atom. The van der Waals surface area contributed by atoms with E-state index in [1.165, 1.54) is 0 Å². The molecule has 0 bridgehead atoms. The van der Waals surface area contributed by atoms with E-state index >= 15 is 0 Å². The molecular formula is C19H24FN5O2S. The monoisotopic (exact) mass is 405 g/mol. The van der Waals surface area contributed by atoms with E-state index in [4.69, 9.17) is 0 Å². The molecule has 2 aliphatic heterocycles. The Kier molecular flexibility index (Phi) is 5.29. The summed E-state index contributed by atoms with van der Waals surface area (Å²) in [6.45, 7) is 4.30. The third-order valence-electron chi connectivity index (χ3n) is 5.60. The molecule has 2 aromatic rings. The van der Waals surface area contributed by atoms with Crippen LogP contribution in [0.1, 0.15) is 24.2 Å². The molecule has 0 N–H and O–H groups in total. The quantitative estimate of drug-likeness (QED) is 0.767. The molecule has 28 heavy (non-hydrogen) atoms. The second-order valence-corrected chi connectivity index (χ2v) is 9.82. The highest BCUT2D eigenvalue weighted by Crippen LogP contribution is 2.30. The second kappa shape index (κ2) is 7.71. The predicted molar refractivity (Wildman–Crippen MR) is 104 cm³/mol. The van der Waals surface area contributed by atoms with Gasteiger partial charge in [-0.2, -0.15) is 0 Å². The zero-order valence-electron chi connectivity index (χ0n) is 15.8. The summed E-state index contributed by atoms with van der Waals surface area (Å²) in [5.74, 6) is 0.142. The minimum Gasteiger partial charge on any atom is -0.341 e. The standard InChI is InChI=1S/C19H24FN5O2S/c1-14-3-2-4-16(23-14)13-25-9-10-28(26,27)18-6-8-24(7-5-17(18)25)19-21-11-15(20)12-22-19/h2-4,11-12,17-18H,5-10,13H2,1H3/t17-,18+/m0/s1. The number of hydrogen-bond acceptors (Lipinski definition) is 7. The molecule has 0 radical (unpaired) electrons. The summed E-state index contributed by atoms with van der Waals surface area (Å²) in [5, 5.41) is -0.406.